The number of ketones is 1. The first-order chi connectivity index (χ1) is 19.6. The zero-order valence-electron chi connectivity index (χ0n) is 20.3. The van der Waals surface area contributed by atoms with Gasteiger partial charge in [-0.1, -0.05) is 6.07 Å². The Morgan fingerprint density at radius 1 is 0.791 bits per heavy atom. The van der Waals surface area contributed by atoms with Crippen molar-refractivity contribution in [1.82, 2.24) is 0 Å². The number of halogens is 14. The Bertz CT molecular complexity index is 1550. The third-order valence-electron chi connectivity index (χ3n) is 5.63. The molecule has 3 rings (SSSR count). The van der Waals surface area contributed by atoms with E-state index in [1.165, 1.54) is 0 Å². The molecule has 1 amide bonds. The van der Waals surface area contributed by atoms with Crippen molar-refractivity contribution < 1.29 is 71.4 Å². The number of ether oxygens (including phenoxy) is 1. The summed E-state index contributed by atoms with van der Waals surface area (Å²) in [5, 5.41) is 1.95. The standard InChI is InChI=1S/C25H11F13INO3/c26-14-5-4-10(6-15(14)27)21(42)40-17-3-1-2-12(20(17)28)18(41)9-13-16(39)7-11(8-19(13)43-25(36,37)38)22(29,23(30,31)32)24(33,34)35/h1-8H,9H2,(H,40,42). The molecule has 0 aromatic heterocycles. The van der Waals surface area contributed by atoms with Crippen molar-refractivity contribution >= 4 is 40.0 Å². The summed E-state index contributed by atoms with van der Waals surface area (Å²) in [6.45, 7) is 0. The van der Waals surface area contributed by atoms with Crippen LogP contribution in [-0.4, -0.2) is 30.4 Å². The molecule has 0 fully saturated rings. The number of rotatable bonds is 7. The predicted octanol–water partition coefficient (Wildman–Crippen LogP) is 8.57. The monoisotopic (exact) mass is 747 g/mol. The smallest absolute Gasteiger partial charge is 0.405 e. The van der Waals surface area contributed by atoms with Crippen LogP contribution < -0.4 is 10.1 Å². The van der Waals surface area contributed by atoms with Gasteiger partial charge in [-0.25, -0.2) is 17.6 Å². The van der Waals surface area contributed by atoms with E-state index in [0.717, 1.165) is 46.9 Å². The first-order valence-corrected chi connectivity index (χ1v) is 12.1. The van der Waals surface area contributed by atoms with E-state index < -0.39 is 103 Å². The number of benzene rings is 3. The zero-order valence-corrected chi connectivity index (χ0v) is 22.5. The van der Waals surface area contributed by atoms with Crippen LogP contribution in [0.1, 0.15) is 31.8 Å². The lowest BCUT2D eigenvalue weighted by molar-refractivity contribution is -0.348. The highest BCUT2D eigenvalue weighted by molar-refractivity contribution is 14.1. The fraction of sp³-hybridized carbons (Fsp3) is 0.200. The molecule has 1 N–H and O–H groups in total. The van der Waals surface area contributed by atoms with Crippen LogP contribution in [0.25, 0.3) is 0 Å². The molecule has 0 heterocycles. The minimum atomic E-state index is -6.69. The first kappa shape index (κ1) is 33.9. The van der Waals surface area contributed by atoms with Crippen LogP contribution in [-0.2, 0) is 12.1 Å². The second-order valence-electron chi connectivity index (χ2n) is 8.49. The lowest BCUT2D eigenvalue weighted by Crippen LogP contribution is -2.50. The van der Waals surface area contributed by atoms with Gasteiger partial charge in [0.05, 0.1) is 11.3 Å². The van der Waals surface area contributed by atoms with Gasteiger partial charge < -0.3 is 10.1 Å². The van der Waals surface area contributed by atoms with Gasteiger partial charge in [0.15, 0.2) is 23.2 Å². The van der Waals surface area contributed by atoms with Gasteiger partial charge in [0.1, 0.15) is 5.75 Å². The fourth-order valence-corrected chi connectivity index (χ4v) is 4.41. The molecule has 3 aromatic carbocycles. The number of alkyl halides is 10. The lowest BCUT2D eigenvalue weighted by Gasteiger charge is -2.31. The molecular weight excluding hydrogens is 736 g/mol. The molecular formula is C25H11F13INO3. The van der Waals surface area contributed by atoms with E-state index in [9.17, 15) is 62.3 Å². The minimum Gasteiger partial charge on any atom is -0.405 e. The molecule has 0 aliphatic rings. The van der Waals surface area contributed by atoms with Gasteiger partial charge in [0.2, 0.25) is 0 Å². The number of carbonyl (C=O) groups excluding carboxylic acids is 2. The molecule has 232 valence electrons. The molecule has 18 heteroatoms. The van der Waals surface area contributed by atoms with E-state index in [2.05, 4.69) is 4.74 Å². The van der Waals surface area contributed by atoms with Crippen LogP contribution in [0.3, 0.4) is 0 Å². The summed E-state index contributed by atoms with van der Waals surface area (Å²) < 4.78 is 177. The average molecular weight is 747 g/mol. The summed E-state index contributed by atoms with van der Waals surface area (Å²) in [5.41, 5.74) is -11.6. The molecule has 0 saturated heterocycles. The normalized spacial score (nSPS) is 12.7. The summed E-state index contributed by atoms with van der Waals surface area (Å²) in [7, 11) is 0. The third kappa shape index (κ3) is 7.15. The van der Waals surface area contributed by atoms with Crippen LogP contribution in [0.5, 0.6) is 5.75 Å². The summed E-state index contributed by atoms with van der Waals surface area (Å²) in [5.74, 6) is -8.62. The summed E-state index contributed by atoms with van der Waals surface area (Å²) >= 11 is 0.946. The van der Waals surface area contributed by atoms with E-state index >= 15 is 4.39 Å². The summed E-state index contributed by atoms with van der Waals surface area (Å²) in [4.78, 5) is 25.2. The Hall–Kier alpha value is -3.58. The Balaban J connectivity index is 2.04. The van der Waals surface area contributed by atoms with Crippen LogP contribution in [0, 0.1) is 21.0 Å². The molecule has 43 heavy (non-hydrogen) atoms. The highest BCUT2D eigenvalue weighted by Crippen LogP contribution is 2.54. The van der Waals surface area contributed by atoms with E-state index in [1.807, 2.05) is 5.32 Å². The quantitative estimate of drug-likeness (QED) is 0.150. The van der Waals surface area contributed by atoms with Gasteiger partial charge in [0, 0.05) is 26.7 Å². The molecule has 3 aromatic rings. The molecule has 0 spiro atoms. The van der Waals surface area contributed by atoms with Crippen molar-refractivity contribution in [2.75, 3.05) is 5.32 Å². The van der Waals surface area contributed by atoms with Crippen molar-refractivity contribution in [2.24, 2.45) is 0 Å². The number of hydrogen-bond donors (Lipinski definition) is 1. The van der Waals surface area contributed by atoms with Crippen LogP contribution >= 0.6 is 22.6 Å². The van der Waals surface area contributed by atoms with E-state index in [-0.39, 0.29) is 6.07 Å². The van der Waals surface area contributed by atoms with E-state index in [0.29, 0.717) is 12.1 Å². The predicted molar refractivity (Wildman–Crippen MR) is 129 cm³/mol. The van der Waals surface area contributed by atoms with Gasteiger partial charge in [-0.2, -0.15) is 26.3 Å². The number of carbonyl (C=O) groups is 2. The topological polar surface area (TPSA) is 55.4 Å². The van der Waals surface area contributed by atoms with Crippen molar-refractivity contribution in [1.29, 1.82) is 0 Å². The fourth-order valence-electron chi connectivity index (χ4n) is 3.62. The Labute approximate surface area is 245 Å². The number of anilines is 1. The molecule has 0 aliphatic carbocycles. The Kier molecular flexibility index (Phi) is 9.34. The largest absolute Gasteiger partial charge is 0.573 e. The zero-order chi connectivity index (χ0) is 32.7. The van der Waals surface area contributed by atoms with Crippen molar-refractivity contribution in [3.63, 3.8) is 0 Å². The van der Waals surface area contributed by atoms with E-state index in [4.69, 9.17) is 0 Å². The molecule has 0 aliphatic heterocycles. The second kappa shape index (κ2) is 11.8. The molecule has 0 bridgehead atoms. The minimum absolute atomic E-state index is 0.0950. The molecule has 0 radical (unpaired) electrons. The van der Waals surface area contributed by atoms with E-state index in [1.54, 1.807) is 0 Å². The highest BCUT2D eigenvalue weighted by Gasteiger charge is 2.73. The second-order valence-corrected chi connectivity index (χ2v) is 9.65. The van der Waals surface area contributed by atoms with Crippen LogP contribution in [0.2, 0.25) is 0 Å². The first-order valence-electron chi connectivity index (χ1n) is 11.1. The van der Waals surface area contributed by atoms with Crippen molar-refractivity contribution in [2.45, 2.75) is 30.8 Å². The Morgan fingerprint density at radius 3 is 1.93 bits per heavy atom. The third-order valence-corrected chi connectivity index (χ3v) is 6.59. The van der Waals surface area contributed by atoms with Crippen LogP contribution in [0.4, 0.5) is 62.8 Å². The number of amides is 1. The number of hydrogen-bond acceptors (Lipinski definition) is 3. The van der Waals surface area contributed by atoms with Gasteiger partial charge in [-0.05, 0) is 65.1 Å². The summed E-state index contributed by atoms with van der Waals surface area (Å²) in [6.07, 6.45) is -20.4. The van der Waals surface area contributed by atoms with Crippen molar-refractivity contribution in [3.8, 4) is 5.75 Å². The SMILES string of the molecule is O=C(Nc1cccc(C(=O)Cc2c(I)cc(C(F)(C(F)(F)F)C(F)(F)F)cc2OC(F)(F)F)c1F)c1ccc(F)c(F)c1. The van der Waals surface area contributed by atoms with Crippen molar-refractivity contribution in [3.05, 3.63) is 91.8 Å². The molecule has 0 saturated carbocycles. The lowest BCUT2D eigenvalue weighted by atomic mass is 9.91. The number of nitrogens with one attached hydrogen (secondary N) is 1. The van der Waals surface area contributed by atoms with Gasteiger partial charge in [0.25, 0.3) is 5.91 Å². The average Bonchev–Trinajstić information content (AvgIpc) is 2.85. The highest BCUT2D eigenvalue weighted by atomic mass is 127. The maximum absolute atomic E-state index is 15.1. The maximum Gasteiger partial charge on any atom is 0.573 e. The summed E-state index contributed by atoms with van der Waals surface area (Å²) in [6, 6.07) is 3.92. The number of Topliss-reactive ketones (excluding diaryl/α,β-unsaturated/α-hetero) is 1. The van der Waals surface area contributed by atoms with Crippen LogP contribution in [0.15, 0.2) is 48.5 Å². The molecule has 0 atom stereocenters. The van der Waals surface area contributed by atoms with Gasteiger partial charge in [-0.3, -0.25) is 9.59 Å². The van der Waals surface area contributed by atoms with Gasteiger partial charge in [-0.15, -0.1) is 13.2 Å². The maximum atomic E-state index is 15.1. The molecule has 4 nitrogen and oxygen atoms in total. The van der Waals surface area contributed by atoms with Gasteiger partial charge >= 0.3 is 24.4 Å². The Morgan fingerprint density at radius 2 is 1.40 bits per heavy atom. The molecule has 0 unspecified atom stereocenters.